The summed E-state index contributed by atoms with van der Waals surface area (Å²) >= 11 is 0. The molecule has 0 spiro atoms. The number of fused-ring (bicyclic) bond motifs is 1. The van der Waals surface area contributed by atoms with Crippen LogP contribution in [0.5, 0.6) is 0 Å². The zero-order chi connectivity index (χ0) is 20.9. The quantitative estimate of drug-likeness (QED) is 0.642. The van der Waals surface area contributed by atoms with Crippen molar-refractivity contribution < 1.29 is 0 Å². The van der Waals surface area contributed by atoms with Gasteiger partial charge in [0.05, 0.1) is 5.52 Å². The van der Waals surface area contributed by atoms with E-state index in [4.69, 9.17) is 9.97 Å². The third kappa shape index (κ3) is 5.12. The van der Waals surface area contributed by atoms with Crippen LogP contribution in [0.15, 0.2) is 36.4 Å². The first kappa shape index (κ1) is 21.1. The first-order chi connectivity index (χ1) is 14.6. The molecule has 1 fully saturated rings. The maximum Gasteiger partial charge on any atom is 0.225 e. The molecule has 2 N–H and O–H groups in total. The van der Waals surface area contributed by atoms with Gasteiger partial charge in [-0.2, -0.15) is 4.98 Å². The molecule has 5 heteroatoms. The van der Waals surface area contributed by atoms with Gasteiger partial charge in [-0.1, -0.05) is 31.2 Å². The summed E-state index contributed by atoms with van der Waals surface area (Å²) in [6, 6.07) is 8.73. The predicted molar refractivity (Wildman–Crippen MR) is 127 cm³/mol. The standard InChI is InChI=1S/C25H37N5/c1-18-8-4-5-9-20(18)17-26-16-19-12-14-21(15-13-19)27-25-28-23-11-7-6-10-22(23)24(29-25)30(2)3/h4-7,10-11,18-21,26H,8-9,12-17H2,1-3H3,(H,27,28,29)/t18?,19-,20?,21+. The molecule has 30 heavy (non-hydrogen) atoms. The molecule has 162 valence electrons. The van der Waals surface area contributed by atoms with Gasteiger partial charge in [-0.25, -0.2) is 4.98 Å². The van der Waals surface area contributed by atoms with Gasteiger partial charge in [0.1, 0.15) is 5.82 Å². The topological polar surface area (TPSA) is 53.1 Å². The fourth-order valence-corrected chi connectivity index (χ4v) is 4.92. The third-order valence-corrected chi connectivity index (χ3v) is 6.94. The molecule has 0 aliphatic heterocycles. The van der Waals surface area contributed by atoms with E-state index in [2.05, 4.69) is 46.7 Å². The average molecular weight is 408 g/mol. The van der Waals surface area contributed by atoms with Gasteiger partial charge < -0.3 is 15.5 Å². The lowest BCUT2D eigenvalue weighted by Gasteiger charge is -2.31. The van der Waals surface area contributed by atoms with Gasteiger partial charge in [0.2, 0.25) is 5.95 Å². The van der Waals surface area contributed by atoms with Crippen molar-refractivity contribution >= 4 is 22.7 Å². The molecule has 2 aliphatic carbocycles. The molecular formula is C25H37N5. The highest BCUT2D eigenvalue weighted by atomic mass is 15.2. The summed E-state index contributed by atoms with van der Waals surface area (Å²) in [6.07, 6.45) is 12.1. The lowest BCUT2D eigenvalue weighted by Crippen LogP contribution is -2.35. The van der Waals surface area contributed by atoms with Crippen molar-refractivity contribution in [2.45, 2.75) is 51.5 Å². The van der Waals surface area contributed by atoms with Crippen molar-refractivity contribution in [1.82, 2.24) is 15.3 Å². The number of para-hydroxylation sites is 1. The Labute approximate surface area is 181 Å². The minimum Gasteiger partial charge on any atom is -0.362 e. The minimum atomic E-state index is 0.473. The van der Waals surface area contributed by atoms with Crippen LogP contribution >= 0.6 is 0 Å². The summed E-state index contributed by atoms with van der Waals surface area (Å²) in [5.41, 5.74) is 1.00. The van der Waals surface area contributed by atoms with Crippen molar-refractivity contribution in [2.24, 2.45) is 17.8 Å². The Bertz CT molecular complexity index is 854. The van der Waals surface area contributed by atoms with E-state index in [-0.39, 0.29) is 0 Å². The molecule has 1 heterocycles. The molecule has 0 amide bonds. The summed E-state index contributed by atoms with van der Waals surface area (Å²) in [7, 11) is 4.09. The predicted octanol–water partition coefficient (Wildman–Crippen LogP) is 4.86. The number of anilines is 2. The van der Waals surface area contributed by atoms with Gasteiger partial charge in [-0.05, 0) is 81.5 Å². The summed E-state index contributed by atoms with van der Waals surface area (Å²) in [5, 5.41) is 8.50. The summed E-state index contributed by atoms with van der Waals surface area (Å²) in [5.74, 6) is 4.17. The number of aromatic nitrogens is 2. The zero-order valence-corrected chi connectivity index (χ0v) is 18.8. The first-order valence-corrected chi connectivity index (χ1v) is 11.7. The van der Waals surface area contributed by atoms with Crippen molar-refractivity contribution in [2.75, 3.05) is 37.4 Å². The SMILES string of the molecule is CC1CC=CCC1CNC[C@H]1CC[C@@H](Nc2nc(N(C)C)c3ccccc3n2)CC1. The van der Waals surface area contributed by atoms with Gasteiger partial charge in [-0.15, -0.1) is 0 Å². The Balaban J connectivity index is 1.27. The monoisotopic (exact) mass is 407 g/mol. The van der Waals surface area contributed by atoms with Crippen molar-refractivity contribution in [3.63, 3.8) is 0 Å². The van der Waals surface area contributed by atoms with E-state index in [1.54, 1.807) is 0 Å². The fraction of sp³-hybridized carbons (Fsp3) is 0.600. The van der Waals surface area contributed by atoms with E-state index >= 15 is 0 Å². The molecule has 5 nitrogen and oxygen atoms in total. The normalized spacial score (nSPS) is 26.6. The van der Waals surface area contributed by atoms with Gasteiger partial charge in [-0.3, -0.25) is 0 Å². The van der Waals surface area contributed by atoms with E-state index in [1.807, 2.05) is 26.2 Å². The summed E-state index contributed by atoms with van der Waals surface area (Å²) in [6.45, 7) is 4.72. The summed E-state index contributed by atoms with van der Waals surface area (Å²) in [4.78, 5) is 11.7. The molecule has 0 bridgehead atoms. The van der Waals surface area contributed by atoms with Crippen LogP contribution in [0.4, 0.5) is 11.8 Å². The van der Waals surface area contributed by atoms with Crippen molar-refractivity contribution in [1.29, 1.82) is 0 Å². The Morgan fingerprint density at radius 2 is 1.73 bits per heavy atom. The molecule has 0 radical (unpaired) electrons. The van der Waals surface area contributed by atoms with Crippen molar-refractivity contribution in [3.8, 4) is 0 Å². The van der Waals surface area contributed by atoms with E-state index in [1.165, 1.54) is 45.1 Å². The van der Waals surface area contributed by atoms with E-state index in [0.717, 1.165) is 47.0 Å². The van der Waals surface area contributed by atoms with Crippen molar-refractivity contribution in [3.05, 3.63) is 36.4 Å². The second kappa shape index (κ2) is 9.78. The summed E-state index contributed by atoms with van der Waals surface area (Å²) < 4.78 is 0. The minimum absolute atomic E-state index is 0.473. The largest absolute Gasteiger partial charge is 0.362 e. The smallest absolute Gasteiger partial charge is 0.225 e. The number of benzene rings is 1. The number of allylic oxidation sites excluding steroid dienone is 2. The number of nitrogens with one attached hydrogen (secondary N) is 2. The van der Waals surface area contributed by atoms with Gasteiger partial charge in [0.15, 0.2) is 0 Å². The van der Waals surface area contributed by atoms with E-state index in [9.17, 15) is 0 Å². The van der Waals surface area contributed by atoms with Gasteiger partial charge >= 0.3 is 0 Å². The average Bonchev–Trinajstić information content (AvgIpc) is 2.75. The third-order valence-electron chi connectivity index (χ3n) is 6.94. The Morgan fingerprint density at radius 3 is 2.50 bits per heavy atom. The van der Waals surface area contributed by atoms with Crippen LogP contribution in [0.3, 0.4) is 0 Å². The second-order valence-corrected chi connectivity index (χ2v) is 9.48. The number of hydrogen-bond donors (Lipinski definition) is 2. The second-order valence-electron chi connectivity index (χ2n) is 9.48. The molecule has 1 saturated carbocycles. The Morgan fingerprint density at radius 1 is 0.967 bits per heavy atom. The van der Waals surface area contributed by atoms with Gasteiger partial charge in [0.25, 0.3) is 0 Å². The van der Waals surface area contributed by atoms with Crippen LogP contribution in [0.1, 0.15) is 45.4 Å². The number of hydrogen-bond acceptors (Lipinski definition) is 5. The zero-order valence-electron chi connectivity index (χ0n) is 18.8. The van der Waals surface area contributed by atoms with Crippen LogP contribution in [-0.4, -0.2) is 43.2 Å². The fourth-order valence-electron chi connectivity index (χ4n) is 4.92. The molecule has 4 rings (SSSR count). The van der Waals surface area contributed by atoms with E-state index < -0.39 is 0 Å². The lowest BCUT2D eigenvalue weighted by molar-refractivity contribution is 0.291. The molecular weight excluding hydrogens is 370 g/mol. The maximum atomic E-state index is 4.81. The highest BCUT2D eigenvalue weighted by Crippen LogP contribution is 2.29. The van der Waals surface area contributed by atoms with Crippen LogP contribution in [0.2, 0.25) is 0 Å². The molecule has 2 aliphatic rings. The van der Waals surface area contributed by atoms with Crippen LogP contribution in [0.25, 0.3) is 10.9 Å². The highest BCUT2D eigenvalue weighted by Gasteiger charge is 2.23. The van der Waals surface area contributed by atoms with Gasteiger partial charge in [0, 0.05) is 25.5 Å². The van der Waals surface area contributed by atoms with Crippen LogP contribution in [-0.2, 0) is 0 Å². The molecule has 2 atom stereocenters. The first-order valence-electron chi connectivity index (χ1n) is 11.7. The maximum absolute atomic E-state index is 4.81. The molecule has 1 aromatic carbocycles. The van der Waals surface area contributed by atoms with Crippen LogP contribution < -0.4 is 15.5 Å². The number of rotatable bonds is 7. The molecule has 2 unspecified atom stereocenters. The number of nitrogens with zero attached hydrogens (tertiary/aromatic N) is 3. The highest BCUT2D eigenvalue weighted by molar-refractivity contribution is 5.90. The molecule has 1 aromatic heterocycles. The lowest BCUT2D eigenvalue weighted by atomic mass is 9.83. The van der Waals surface area contributed by atoms with Crippen LogP contribution in [0, 0.1) is 17.8 Å². The Hall–Kier alpha value is -2.14. The molecule has 0 saturated heterocycles. The van der Waals surface area contributed by atoms with E-state index in [0.29, 0.717) is 6.04 Å². The molecule has 2 aromatic rings. The Kier molecular flexibility index (Phi) is 6.88.